The summed E-state index contributed by atoms with van der Waals surface area (Å²) in [6, 6.07) is 11.9. The number of nitrogens with one attached hydrogen (secondary N) is 1. The van der Waals surface area contributed by atoms with Crippen molar-refractivity contribution in [3.05, 3.63) is 65.1 Å². The van der Waals surface area contributed by atoms with Crippen LogP contribution in [-0.2, 0) is 10.0 Å². The molecule has 7 nitrogen and oxygen atoms in total. The molecule has 0 saturated carbocycles. The molecule has 1 fully saturated rings. The Kier molecular flexibility index (Phi) is 6.38. The van der Waals surface area contributed by atoms with Crippen molar-refractivity contribution >= 4 is 44.7 Å². The number of ether oxygens (including phenoxy) is 1. The number of hydrogen-bond acceptors (Lipinski definition) is 7. The van der Waals surface area contributed by atoms with Gasteiger partial charge in [0.1, 0.15) is 21.3 Å². The summed E-state index contributed by atoms with van der Waals surface area (Å²) in [6.45, 7) is 0.922. The topological polar surface area (TPSA) is 88.6 Å². The molecular weight excluding hydrogens is 442 g/mol. The van der Waals surface area contributed by atoms with Gasteiger partial charge in [-0.1, -0.05) is 0 Å². The van der Waals surface area contributed by atoms with Crippen molar-refractivity contribution in [2.45, 2.75) is 4.90 Å². The second-order valence-corrected chi connectivity index (χ2v) is 10.4. The first-order valence-electron chi connectivity index (χ1n) is 9.19. The fraction of sp³-hybridized carbons (Fsp3) is 0.200. The lowest BCUT2D eigenvalue weighted by molar-refractivity contribution is 0.102. The Morgan fingerprint density at radius 1 is 1.00 bits per heavy atom. The zero-order chi connectivity index (χ0) is 21.0. The number of aromatic nitrogens is 1. The highest BCUT2D eigenvalue weighted by Crippen LogP contribution is 2.28. The zero-order valence-corrected chi connectivity index (χ0v) is 18.3. The van der Waals surface area contributed by atoms with Crippen LogP contribution in [0.15, 0.2) is 65.1 Å². The molecule has 1 aliphatic heterocycles. The zero-order valence-electron chi connectivity index (χ0n) is 15.9. The summed E-state index contributed by atoms with van der Waals surface area (Å²) in [4.78, 5) is 17.0. The Hall–Kier alpha value is -2.40. The second-order valence-electron chi connectivity index (χ2n) is 6.39. The molecule has 0 atom stereocenters. The van der Waals surface area contributed by atoms with E-state index in [9.17, 15) is 13.2 Å². The minimum atomic E-state index is -3.68. The van der Waals surface area contributed by atoms with Crippen molar-refractivity contribution in [1.29, 1.82) is 0 Å². The molecule has 1 aromatic carbocycles. The van der Waals surface area contributed by atoms with Crippen LogP contribution in [0.4, 0.5) is 5.69 Å². The number of rotatable bonds is 6. The van der Waals surface area contributed by atoms with Crippen LogP contribution in [0.25, 0.3) is 0 Å². The minimum absolute atomic E-state index is 0.0644. The van der Waals surface area contributed by atoms with Crippen LogP contribution in [0.3, 0.4) is 0 Å². The fourth-order valence-electron chi connectivity index (χ4n) is 2.93. The van der Waals surface area contributed by atoms with E-state index in [1.54, 1.807) is 65.9 Å². The van der Waals surface area contributed by atoms with E-state index in [1.807, 2.05) is 0 Å². The molecule has 0 spiro atoms. The molecule has 2 aromatic heterocycles. The van der Waals surface area contributed by atoms with E-state index in [0.717, 1.165) is 22.8 Å². The van der Waals surface area contributed by atoms with E-state index in [0.29, 0.717) is 30.3 Å². The van der Waals surface area contributed by atoms with Gasteiger partial charge in [0.2, 0.25) is 10.0 Å². The largest absolute Gasteiger partial charge is 0.457 e. The number of anilines is 1. The van der Waals surface area contributed by atoms with Gasteiger partial charge in [0.05, 0.1) is 0 Å². The standard InChI is InChI=1S/C20H19N3O4S3/c24-20(19-18(7-12-29-19)30(25,26)23-10-13-28-14-11-23)22-15-1-3-16(4-2-15)27-17-5-8-21-9-6-17/h1-9,12H,10-11,13-14H2,(H,22,24). The van der Waals surface area contributed by atoms with Crippen LogP contribution in [0.2, 0.25) is 0 Å². The number of amides is 1. The summed E-state index contributed by atoms with van der Waals surface area (Å²) in [7, 11) is -3.68. The molecule has 3 heterocycles. The van der Waals surface area contributed by atoms with Gasteiger partial charge in [-0.05, 0) is 47.8 Å². The highest BCUT2D eigenvalue weighted by Gasteiger charge is 2.31. The highest BCUT2D eigenvalue weighted by molar-refractivity contribution is 7.99. The first-order chi connectivity index (χ1) is 14.5. The summed E-state index contributed by atoms with van der Waals surface area (Å²) >= 11 is 2.85. The molecule has 0 unspecified atom stereocenters. The van der Waals surface area contributed by atoms with E-state index < -0.39 is 15.9 Å². The lowest BCUT2D eigenvalue weighted by Gasteiger charge is -2.25. The Bertz CT molecular complexity index is 1110. The molecule has 0 radical (unpaired) electrons. The van der Waals surface area contributed by atoms with Crippen molar-refractivity contribution in [3.8, 4) is 11.5 Å². The average Bonchev–Trinajstić information content (AvgIpc) is 3.28. The van der Waals surface area contributed by atoms with Crippen LogP contribution in [0, 0.1) is 0 Å². The normalized spacial score (nSPS) is 14.9. The van der Waals surface area contributed by atoms with E-state index in [2.05, 4.69) is 10.3 Å². The van der Waals surface area contributed by atoms with Gasteiger partial charge in [-0.3, -0.25) is 9.78 Å². The van der Waals surface area contributed by atoms with Gasteiger partial charge in [-0.15, -0.1) is 11.3 Å². The van der Waals surface area contributed by atoms with E-state index in [1.165, 1.54) is 10.4 Å². The quantitative estimate of drug-likeness (QED) is 0.598. The Labute approximate surface area is 183 Å². The number of thiophene rings is 1. The van der Waals surface area contributed by atoms with E-state index in [-0.39, 0.29) is 9.77 Å². The van der Waals surface area contributed by atoms with Gasteiger partial charge in [-0.25, -0.2) is 8.42 Å². The van der Waals surface area contributed by atoms with Crippen LogP contribution in [-0.4, -0.2) is 48.2 Å². The number of benzene rings is 1. The monoisotopic (exact) mass is 461 g/mol. The third kappa shape index (κ3) is 4.67. The van der Waals surface area contributed by atoms with Crippen molar-refractivity contribution in [1.82, 2.24) is 9.29 Å². The van der Waals surface area contributed by atoms with Crippen molar-refractivity contribution < 1.29 is 17.9 Å². The summed E-state index contributed by atoms with van der Waals surface area (Å²) < 4.78 is 33.1. The highest BCUT2D eigenvalue weighted by atomic mass is 32.2. The van der Waals surface area contributed by atoms with Crippen molar-refractivity contribution in [2.24, 2.45) is 0 Å². The molecule has 0 aliphatic carbocycles. The molecule has 10 heteroatoms. The van der Waals surface area contributed by atoms with Crippen molar-refractivity contribution in [2.75, 3.05) is 29.9 Å². The molecule has 30 heavy (non-hydrogen) atoms. The van der Waals surface area contributed by atoms with Crippen LogP contribution in [0.5, 0.6) is 11.5 Å². The molecule has 1 saturated heterocycles. The van der Waals surface area contributed by atoms with Gasteiger partial charge < -0.3 is 10.1 Å². The van der Waals surface area contributed by atoms with Crippen LogP contribution < -0.4 is 10.1 Å². The number of nitrogens with zero attached hydrogens (tertiary/aromatic N) is 2. The van der Waals surface area contributed by atoms with Gasteiger partial charge in [0.15, 0.2) is 0 Å². The van der Waals surface area contributed by atoms with Gasteiger partial charge in [0.25, 0.3) is 5.91 Å². The van der Waals surface area contributed by atoms with Crippen LogP contribution in [0.1, 0.15) is 9.67 Å². The molecule has 156 valence electrons. The average molecular weight is 462 g/mol. The Morgan fingerprint density at radius 2 is 1.67 bits per heavy atom. The number of carbonyl (C=O) groups excluding carboxylic acids is 1. The van der Waals surface area contributed by atoms with Crippen LogP contribution >= 0.6 is 23.1 Å². The predicted molar refractivity (Wildman–Crippen MR) is 119 cm³/mol. The molecule has 1 N–H and O–H groups in total. The minimum Gasteiger partial charge on any atom is -0.457 e. The molecular formula is C20H19N3O4S3. The first-order valence-corrected chi connectivity index (χ1v) is 12.7. The first kappa shape index (κ1) is 20.9. The SMILES string of the molecule is O=C(Nc1ccc(Oc2ccncc2)cc1)c1sccc1S(=O)(=O)N1CCSCC1. The number of pyridine rings is 1. The smallest absolute Gasteiger partial charge is 0.267 e. The molecule has 1 aliphatic rings. The number of sulfonamides is 1. The van der Waals surface area contributed by atoms with Gasteiger partial charge in [-0.2, -0.15) is 16.1 Å². The lowest BCUT2D eigenvalue weighted by atomic mass is 10.3. The lowest BCUT2D eigenvalue weighted by Crippen LogP contribution is -2.38. The maximum absolute atomic E-state index is 13.0. The third-order valence-corrected chi connectivity index (χ3v) is 8.35. The summed E-state index contributed by atoms with van der Waals surface area (Å²) in [5.74, 6) is 2.35. The number of hydrogen-bond donors (Lipinski definition) is 1. The van der Waals surface area contributed by atoms with Gasteiger partial charge >= 0.3 is 0 Å². The summed E-state index contributed by atoms with van der Waals surface area (Å²) in [5.41, 5.74) is 0.549. The predicted octanol–water partition coefficient (Wildman–Crippen LogP) is 3.93. The molecule has 4 rings (SSSR count). The Morgan fingerprint density at radius 3 is 2.37 bits per heavy atom. The Balaban J connectivity index is 1.46. The number of thioether (sulfide) groups is 1. The van der Waals surface area contributed by atoms with E-state index in [4.69, 9.17) is 4.74 Å². The molecule has 1 amide bonds. The van der Waals surface area contributed by atoms with E-state index >= 15 is 0 Å². The fourth-order valence-corrected chi connectivity index (χ4v) is 6.80. The third-order valence-electron chi connectivity index (χ3n) is 4.42. The number of carbonyl (C=O) groups is 1. The molecule has 0 bridgehead atoms. The maximum Gasteiger partial charge on any atom is 0.267 e. The second kappa shape index (κ2) is 9.17. The molecule has 3 aromatic rings. The van der Waals surface area contributed by atoms with Gasteiger partial charge in [0, 0.05) is 42.7 Å². The van der Waals surface area contributed by atoms with Crippen molar-refractivity contribution in [3.63, 3.8) is 0 Å². The summed E-state index contributed by atoms with van der Waals surface area (Å²) in [6.07, 6.45) is 3.28. The summed E-state index contributed by atoms with van der Waals surface area (Å²) in [5, 5.41) is 4.40. The maximum atomic E-state index is 13.0.